The molecule has 0 N–H and O–H groups in total. The lowest BCUT2D eigenvalue weighted by Gasteiger charge is -2.20. The van der Waals surface area contributed by atoms with E-state index in [1.807, 2.05) is 23.6 Å². The van der Waals surface area contributed by atoms with Gasteiger partial charge >= 0.3 is 0 Å². The van der Waals surface area contributed by atoms with Crippen LogP contribution in [-0.2, 0) is 19.6 Å². The highest BCUT2D eigenvalue weighted by Crippen LogP contribution is 2.46. The van der Waals surface area contributed by atoms with Crippen molar-refractivity contribution in [2.24, 2.45) is 0 Å². The molecule has 0 amide bonds. The second-order valence-electron chi connectivity index (χ2n) is 10.1. The molecule has 0 aliphatic carbocycles. The summed E-state index contributed by atoms with van der Waals surface area (Å²) in [6.45, 7) is 10.6. The quantitative estimate of drug-likeness (QED) is 0.148. The Morgan fingerprint density at radius 2 is 1.52 bits per heavy atom. The van der Waals surface area contributed by atoms with E-state index in [9.17, 15) is 4.79 Å². The Bertz CT molecular complexity index is 1840. The Balaban J connectivity index is 0.000000382. The van der Waals surface area contributed by atoms with Crippen LogP contribution >= 0.6 is 45.7 Å². The minimum Gasteiger partial charge on any atom is -0.329 e. The molecule has 0 saturated carbocycles. The van der Waals surface area contributed by atoms with Gasteiger partial charge in [0.1, 0.15) is 20.8 Å². The molecule has 3 heterocycles. The van der Waals surface area contributed by atoms with Crippen molar-refractivity contribution >= 4 is 62.5 Å². The van der Waals surface area contributed by atoms with Gasteiger partial charge in [-0.05, 0) is 86.2 Å². The summed E-state index contributed by atoms with van der Waals surface area (Å²) < 4.78 is 7.09. The number of hydrogen-bond acceptors (Lipinski definition) is 4. The zero-order valence-electron chi connectivity index (χ0n) is 24.4. The number of pyridine rings is 1. The number of fused-ring (bicyclic) bond motifs is 1. The van der Waals surface area contributed by atoms with E-state index in [-0.39, 0.29) is 5.56 Å². The highest BCUT2D eigenvalue weighted by molar-refractivity contribution is 14.1. The fraction of sp³-hybridized carbons (Fsp3) is 0.200. The van der Waals surface area contributed by atoms with Crippen molar-refractivity contribution in [2.75, 3.05) is 4.90 Å². The maximum atomic E-state index is 13.6. The highest BCUT2D eigenvalue weighted by Gasteiger charge is 2.27. The molecule has 5 aromatic rings. The highest BCUT2D eigenvalue weighted by atomic mass is 125. The van der Waals surface area contributed by atoms with Gasteiger partial charge in [0.05, 0.1) is 5.69 Å². The Morgan fingerprint density at radius 1 is 0.857 bits per heavy atom. The smallest absolute Gasteiger partial charge is 0.271 e. The van der Waals surface area contributed by atoms with Gasteiger partial charge in [0.15, 0.2) is 6.20 Å². The molecule has 1 aliphatic rings. The van der Waals surface area contributed by atoms with Crippen molar-refractivity contribution in [2.45, 2.75) is 52.2 Å². The first-order chi connectivity index (χ1) is 20.4. The summed E-state index contributed by atoms with van der Waals surface area (Å²) in [4.78, 5) is 17.1. The van der Waals surface area contributed by atoms with Crippen molar-refractivity contribution in [1.82, 2.24) is 4.57 Å². The average molecular weight is 703 g/mol. The van der Waals surface area contributed by atoms with Crippen LogP contribution in [0.2, 0.25) is 0 Å². The van der Waals surface area contributed by atoms with Gasteiger partial charge in [-0.2, -0.15) is 4.57 Å². The second kappa shape index (κ2) is 13.9. The number of para-hydroxylation sites is 1. The average Bonchev–Trinajstić information content (AvgIpc) is 3.52. The molecular weight excluding hydrogens is 667 g/mol. The first kappa shape index (κ1) is 30.3. The molecule has 0 unspecified atom stereocenters. The second-order valence-corrected chi connectivity index (χ2v) is 13.4. The van der Waals surface area contributed by atoms with E-state index in [0.29, 0.717) is 6.54 Å². The molecule has 7 heteroatoms. The lowest BCUT2D eigenvalue weighted by molar-refractivity contribution is -0.695. The summed E-state index contributed by atoms with van der Waals surface area (Å²) in [7, 11) is 0. The van der Waals surface area contributed by atoms with Gasteiger partial charge in [0.2, 0.25) is 5.69 Å². The Labute approximate surface area is 269 Å². The summed E-state index contributed by atoms with van der Waals surface area (Å²) in [5, 5.41) is 1.02. The van der Waals surface area contributed by atoms with Crippen LogP contribution in [0.25, 0.3) is 11.1 Å². The predicted molar refractivity (Wildman–Crippen MR) is 186 cm³/mol. The van der Waals surface area contributed by atoms with Crippen LogP contribution in [0.4, 0.5) is 5.69 Å². The molecule has 1 aliphatic heterocycles. The third-order valence-corrected chi connectivity index (χ3v) is 10.2. The molecule has 6 rings (SSSR count). The summed E-state index contributed by atoms with van der Waals surface area (Å²) in [6, 6.07) is 31.7. The number of benzene rings is 3. The fourth-order valence-corrected chi connectivity index (χ4v) is 7.58. The van der Waals surface area contributed by atoms with Crippen LogP contribution in [-0.4, -0.2) is 4.57 Å². The zero-order valence-corrected chi connectivity index (χ0v) is 28.2. The summed E-state index contributed by atoms with van der Waals surface area (Å²) in [6.07, 6.45) is 4.22. The SMILES string of the molecule is CCn1c(=O)/c(=C2\Sc3ccccc3N2Cc2ccc([125I])cc2)s/c1=C\c1cccc[n+]1CC.Cc1ccc(C)cc1. The van der Waals surface area contributed by atoms with E-state index >= 15 is 0 Å². The van der Waals surface area contributed by atoms with Crippen molar-refractivity contribution < 1.29 is 4.57 Å². The number of halogens is 1. The first-order valence-electron chi connectivity index (χ1n) is 14.1. The van der Waals surface area contributed by atoms with Crippen LogP contribution in [0, 0.1) is 17.4 Å². The maximum Gasteiger partial charge on any atom is 0.271 e. The lowest BCUT2D eigenvalue weighted by atomic mass is 10.2. The first-order valence-corrected chi connectivity index (χ1v) is 16.9. The number of hydrogen-bond donors (Lipinski definition) is 0. The van der Waals surface area contributed by atoms with E-state index in [0.717, 1.165) is 38.7 Å². The lowest BCUT2D eigenvalue weighted by Crippen LogP contribution is -2.37. The number of thiazole rings is 1. The minimum absolute atomic E-state index is 0.0839. The number of rotatable bonds is 5. The molecule has 42 heavy (non-hydrogen) atoms. The molecular formula is C35H35IN3OS2+. The Kier molecular flexibility index (Phi) is 10.0. The molecule has 214 valence electrons. The van der Waals surface area contributed by atoms with E-state index < -0.39 is 0 Å². The third-order valence-electron chi connectivity index (χ3n) is 7.09. The fourth-order valence-electron chi connectivity index (χ4n) is 4.77. The van der Waals surface area contributed by atoms with Crippen LogP contribution in [0.15, 0.2) is 107 Å². The van der Waals surface area contributed by atoms with E-state index in [1.165, 1.54) is 25.2 Å². The molecule has 0 saturated heterocycles. The Morgan fingerprint density at radius 3 is 2.19 bits per heavy atom. The molecule has 0 atom stereocenters. The van der Waals surface area contributed by atoms with Crippen molar-refractivity contribution in [1.29, 1.82) is 0 Å². The molecule has 2 aromatic heterocycles. The predicted octanol–water partition coefficient (Wildman–Crippen LogP) is 6.85. The normalized spacial score (nSPS) is 14.0. The number of aryl methyl sites for hydroxylation is 3. The summed E-state index contributed by atoms with van der Waals surface area (Å²) in [5.41, 5.74) is 6.23. The molecule has 0 fully saturated rings. The number of nitrogens with zero attached hydrogens (tertiary/aromatic N) is 3. The van der Waals surface area contributed by atoms with Gasteiger partial charge in [-0.15, -0.1) is 11.3 Å². The van der Waals surface area contributed by atoms with Crippen molar-refractivity contribution in [3.63, 3.8) is 0 Å². The van der Waals surface area contributed by atoms with Gasteiger partial charge in [-0.3, -0.25) is 9.36 Å². The van der Waals surface area contributed by atoms with Gasteiger partial charge in [-0.25, -0.2) is 0 Å². The largest absolute Gasteiger partial charge is 0.329 e. The van der Waals surface area contributed by atoms with E-state index in [1.54, 1.807) is 23.1 Å². The molecule has 0 radical (unpaired) electrons. The number of aromatic nitrogens is 2. The van der Waals surface area contributed by atoms with Crippen LogP contribution < -0.4 is 24.2 Å². The van der Waals surface area contributed by atoms with Gasteiger partial charge in [-0.1, -0.05) is 71.4 Å². The zero-order chi connectivity index (χ0) is 29.6. The molecule has 4 nitrogen and oxygen atoms in total. The summed E-state index contributed by atoms with van der Waals surface area (Å²) in [5.74, 6) is 0. The van der Waals surface area contributed by atoms with Crippen LogP contribution in [0.3, 0.4) is 0 Å². The van der Waals surface area contributed by atoms with Gasteiger partial charge < -0.3 is 4.90 Å². The molecule has 3 aromatic carbocycles. The van der Waals surface area contributed by atoms with Crippen molar-refractivity contribution in [3.8, 4) is 0 Å². The van der Waals surface area contributed by atoms with E-state index in [4.69, 9.17) is 0 Å². The molecule has 0 spiro atoms. The monoisotopic (exact) mass is 702 g/mol. The standard InChI is InChI=1S/C27H25IN3OS2.C8H10/c1-3-29-16-8-7-9-21(29)17-24-30(4-2)26(32)25(34-24)27-31(18-19-12-14-20(28)15-13-19)22-10-5-6-11-23(22)33-27;1-7-3-5-8(2)6-4-7/h5-17H,3-4,18H2,1-2H3;3-6H,1-2H3/q+1;/b27-25+;/i28-2;. The van der Waals surface area contributed by atoms with Gasteiger partial charge in [0.25, 0.3) is 5.56 Å². The van der Waals surface area contributed by atoms with E-state index in [2.05, 4.69) is 144 Å². The molecule has 0 bridgehead atoms. The topological polar surface area (TPSA) is 29.1 Å². The Hall–Kier alpha value is -3.14. The van der Waals surface area contributed by atoms with Crippen LogP contribution in [0.5, 0.6) is 0 Å². The number of thioether (sulfide) groups is 1. The number of anilines is 1. The summed E-state index contributed by atoms with van der Waals surface area (Å²) >= 11 is 5.62. The maximum absolute atomic E-state index is 13.6. The van der Waals surface area contributed by atoms with Crippen molar-refractivity contribution in [3.05, 3.63) is 143 Å². The third kappa shape index (κ3) is 6.90. The minimum atomic E-state index is 0.0839. The van der Waals surface area contributed by atoms with Gasteiger partial charge in [0, 0.05) is 39.8 Å². The van der Waals surface area contributed by atoms with Crippen LogP contribution in [0.1, 0.15) is 36.2 Å².